The maximum atomic E-state index is 13.1. The lowest BCUT2D eigenvalue weighted by Gasteiger charge is -2.14. The topological polar surface area (TPSA) is 126 Å². The third-order valence-electron chi connectivity index (χ3n) is 5.07. The predicted molar refractivity (Wildman–Crippen MR) is 129 cm³/mol. The summed E-state index contributed by atoms with van der Waals surface area (Å²) in [6, 6.07) is 18.3. The summed E-state index contributed by atoms with van der Waals surface area (Å²) in [5.41, 5.74) is 2.27. The number of ether oxygens (including phenoxy) is 1. The van der Waals surface area contributed by atoms with Crippen LogP contribution in [0.15, 0.2) is 71.6 Å². The molecule has 0 aliphatic carbocycles. The van der Waals surface area contributed by atoms with Gasteiger partial charge in [0.15, 0.2) is 5.82 Å². The fourth-order valence-electron chi connectivity index (χ4n) is 3.37. The van der Waals surface area contributed by atoms with Crippen LogP contribution in [0.25, 0.3) is 11.4 Å². The van der Waals surface area contributed by atoms with Gasteiger partial charge in [-0.3, -0.25) is 14.6 Å². The zero-order chi connectivity index (χ0) is 24.3. The number of hydrogen-bond donors (Lipinski definition) is 3. The predicted octanol–water partition coefficient (Wildman–Crippen LogP) is 4.15. The monoisotopic (exact) mass is 477 g/mol. The molecule has 0 saturated carbocycles. The average Bonchev–Trinajstić information content (AvgIpc) is 3.26. The van der Waals surface area contributed by atoms with Crippen molar-refractivity contribution in [1.29, 1.82) is 0 Å². The van der Waals surface area contributed by atoms with Gasteiger partial charge in [-0.05, 0) is 55.8 Å². The second-order valence-corrected chi connectivity index (χ2v) is 9.22. The summed E-state index contributed by atoms with van der Waals surface area (Å²) >= 11 is 0. The first kappa shape index (κ1) is 23.0. The van der Waals surface area contributed by atoms with Crippen LogP contribution >= 0.6 is 0 Å². The lowest BCUT2D eigenvalue weighted by Crippen LogP contribution is -2.17. The molecule has 0 aliphatic rings. The summed E-state index contributed by atoms with van der Waals surface area (Å²) in [5, 5.41) is 9.71. The van der Waals surface area contributed by atoms with Crippen molar-refractivity contribution < 1.29 is 17.9 Å². The van der Waals surface area contributed by atoms with Crippen LogP contribution in [-0.4, -0.2) is 36.6 Å². The molecule has 4 rings (SSSR count). The van der Waals surface area contributed by atoms with E-state index in [1.807, 2.05) is 6.07 Å². The van der Waals surface area contributed by atoms with Gasteiger partial charge in [-0.1, -0.05) is 30.3 Å². The van der Waals surface area contributed by atoms with Crippen LogP contribution in [0.4, 0.5) is 11.4 Å². The SMILES string of the molecule is COc1ccccc1NS(=O)(=O)c1cc(C(=O)Nc2cccc(-c3n[nH]c(C)n3)c2)ccc1C. The van der Waals surface area contributed by atoms with Crippen LogP contribution in [0.2, 0.25) is 0 Å². The van der Waals surface area contributed by atoms with Crippen LogP contribution in [0.1, 0.15) is 21.7 Å². The van der Waals surface area contributed by atoms with Gasteiger partial charge < -0.3 is 10.1 Å². The van der Waals surface area contributed by atoms with Gasteiger partial charge in [0.05, 0.1) is 17.7 Å². The van der Waals surface area contributed by atoms with Crippen LogP contribution in [-0.2, 0) is 10.0 Å². The number of carbonyl (C=O) groups is 1. The minimum atomic E-state index is -3.98. The summed E-state index contributed by atoms with van der Waals surface area (Å²) in [6.07, 6.45) is 0. The number of aromatic amines is 1. The first-order valence-electron chi connectivity index (χ1n) is 10.3. The molecule has 0 aliphatic heterocycles. The molecule has 34 heavy (non-hydrogen) atoms. The number of hydrogen-bond acceptors (Lipinski definition) is 6. The molecule has 1 amide bonds. The van der Waals surface area contributed by atoms with E-state index in [4.69, 9.17) is 4.74 Å². The fourth-order valence-corrected chi connectivity index (χ4v) is 4.71. The minimum Gasteiger partial charge on any atom is -0.495 e. The van der Waals surface area contributed by atoms with E-state index < -0.39 is 15.9 Å². The highest BCUT2D eigenvalue weighted by Crippen LogP contribution is 2.28. The number of aryl methyl sites for hydroxylation is 2. The van der Waals surface area contributed by atoms with Crippen molar-refractivity contribution in [3.05, 3.63) is 83.7 Å². The molecule has 0 spiro atoms. The number of para-hydroxylation sites is 2. The smallest absolute Gasteiger partial charge is 0.262 e. The molecular weight excluding hydrogens is 454 g/mol. The number of amides is 1. The second kappa shape index (κ2) is 9.36. The third-order valence-corrected chi connectivity index (χ3v) is 6.57. The molecule has 0 bridgehead atoms. The number of aromatic nitrogens is 3. The number of nitrogens with one attached hydrogen (secondary N) is 3. The Balaban J connectivity index is 1.59. The van der Waals surface area contributed by atoms with Gasteiger partial charge in [0.25, 0.3) is 15.9 Å². The first-order valence-corrected chi connectivity index (χ1v) is 11.8. The van der Waals surface area contributed by atoms with Crippen molar-refractivity contribution in [3.8, 4) is 17.1 Å². The molecule has 0 radical (unpaired) electrons. The maximum absolute atomic E-state index is 13.1. The Morgan fingerprint density at radius 2 is 1.79 bits per heavy atom. The van der Waals surface area contributed by atoms with Crippen LogP contribution in [0, 0.1) is 13.8 Å². The van der Waals surface area contributed by atoms with E-state index in [0.717, 1.165) is 5.56 Å². The molecule has 3 aromatic carbocycles. The number of carbonyl (C=O) groups excluding carboxylic acids is 1. The molecule has 0 atom stereocenters. The van der Waals surface area contributed by atoms with Crippen molar-refractivity contribution in [3.63, 3.8) is 0 Å². The standard InChI is InChI=1S/C24H23N5O4S/c1-15-11-12-18(14-22(15)34(31,32)29-20-9-4-5-10-21(20)33-3)24(30)26-19-8-6-7-17(13-19)23-25-16(2)27-28-23/h4-14,29H,1-3H3,(H,26,30)(H,25,27,28). The fraction of sp³-hybridized carbons (Fsp3) is 0.125. The van der Waals surface area contributed by atoms with Crippen LogP contribution in [0.5, 0.6) is 5.75 Å². The third kappa shape index (κ3) is 4.91. The zero-order valence-electron chi connectivity index (χ0n) is 18.8. The first-order chi connectivity index (χ1) is 16.3. The average molecular weight is 478 g/mol. The maximum Gasteiger partial charge on any atom is 0.262 e. The van der Waals surface area contributed by atoms with Crippen molar-refractivity contribution in [2.24, 2.45) is 0 Å². The van der Waals surface area contributed by atoms with E-state index in [1.165, 1.54) is 13.2 Å². The normalized spacial score (nSPS) is 11.1. The number of methoxy groups -OCH3 is 1. The highest BCUT2D eigenvalue weighted by atomic mass is 32.2. The van der Waals surface area contributed by atoms with Gasteiger partial charge in [0.1, 0.15) is 11.6 Å². The Morgan fingerprint density at radius 3 is 2.53 bits per heavy atom. The summed E-state index contributed by atoms with van der Waals surface area (Å²) in [7, 11) is -2.52. The van der Waals surface area contributed by atoms with Gasteiger partial charge in [0, 0.05) is 16.8 Å². The van der Waals surface area contributed by atoms with Crippen molar-refractivity contribution in [2.75, 3.05) is 17.1 Å². The summed E-state index contributed by atoms with van der Waals surface area (Å²) < 4.78 is 34.0. The van der Waals surface area contributed by atoms with E-state index >= 15 is 0 Å². The summed E-state index contributed by atoms with van der Waals surface area (Å²) in [6.45, 7) is 3.47. The van der Waals surface area contributed by atoms with Crippen LogP contribution in [0.3, 0.4) is 0 Å². The Kier molecular flexibility index (Phi) is 6.33. The molecule has 1 aromatic heterocycles. The molecule has 0 fully saturated rings. The molecule has 174 valence electrons. The minimum absolute atomic E-state index is 0.00370. The van der Waals surface area contributed by atoms with Crippen molar-refractivity contribution >= 4 is 27.3 Å². The van der Waals surface area contributed by atoms with E-state index in [2.05, 4.69) is 25.2 Å². The number of anilines is 2. The molecular formula is C24H23N5O4S. The second-order valence-electron chi connectivity index (χ2n) is 7.57. The highest BCUT2D eigenvalue weighted by molar-refractivity contribution is 7.92. The number of H-pyrrole nitrogens is 1. The number of sulfonamides is 1. The van der Waals surface area contributed by atoms with E-state index in [9.17, 15) is 13.2 Å². The molecule has 3 N–H and O–H groups in total. The van der Waals surface area contributed by atoms with E-state index in [0.29, 0.717) is 34.3 Å². The number of nitrogens with zero attached hydrogens (tertiary/aromatic N) is 2. The van der Waals surface area contributed by atoms with Gasteiger partial charge in [-0.25, -0.2) is 13.4 Å². The van der Waals surface area contributed by atoms with Gasteiger partial charge in [-0.15, -0.1) is 0 Å². The Morgan fingerprint density at radius 1 is 1.00 bits per heavy atom. The largest absolute Gasteiger partial charge is 0.495 e. The quantitative estimate of drug-likeness (QED) is 0.367. The van der Waals surface area contributed by atoms with Crippen molar-refractivity contribution in [2.45, 2.75) is 18.7 Å². The Bertz CT molecular complexity index is 1460. The molecule has 4 aromatic rings. The molecule has 10 heteroatoms. The zero-order valence-corrected chi connectivity index (χ0v) is 19.6. The highest BCUT2D eigenvalue weighted by Gasteiger charge is 2.21. The molecule has 9 nitrogen and oxygen atoms in total. The molecule has 0 unspecified atom stereocenters. The van der Waals surface area contributed by atoms with Gasteiger partial charge in [-0.2, -0.15) is 5.10 Å². The Hall–Kier alpha value is -4.18. The number of benzene rings is 3. The molecule has 1 heterocycles. The molecule has 0 saturated heterocycles. The summed E-state index contributed by atoms with van der Waals surface area (Å²) in [5.74, 6) is 1.13. The van der Waals surface area contributed by atoms with Crippen LogP contribution < -0.4 is 14.8 Å². The number of rotatable bonds is 7. The van der Waals surface area contributed by atoms with Crippen molar-refractivity contribution in [1.82, 2.24) is 15.2 Å². The summed E-state index contributed by atoms with van der Waals surface area (Å²) in [4.78, 5) is 17.2. The lowest BCUT2D eigenvalue weighted by atomic mass is 10.1. The van der Waals surface area contributed by atoms with Gasteiger partial charge >= 0.3 is 0 Å². The van der Waals surface area contributed by atoms with E-state index in [1.54, 1.807) is 68.4 Å². The van der Waals surface area contributed by atoms with Gasteiger partial charge in [0.2, 0.25) is 0 Å². The lowest BCUT2D eigenvalue weighted by molar-refractivity contribution is 0.102. The van der Waals surface area contributed by atoms with E-state index in [-0.39, 0.29) is 10.5 Å². The Labute approximate surface area is 197 Å².